The number of amides is 1. The van der Waals surface area contributed by atoms with Crippen LogP contribution in [0.4, 0.5) is 5.69 Å². The van der Waals surface area contributed by atoms with E-state index < -0.39 is 0 Å². The summed E-state index contributed by atoms with van der Waals surface area (Å²) < 4.78 is 10.9. The van der Waals surface area contributed by atoms with Gasteiger partial charge in [0, 0.05) is 16.6 Å². The maximum Gasteiger partial charge on any atom is 0.227 e. The standard InChI is InChI=1S/C20H20N2O3S/c1-14-21-17(13-26-14)15-6-5-7-16(12-15)22-20(23)10-11-25-19-9-4-3-8-18(19)24-2/h3-9,12-13H,10-11H2,1-2H3,(H,22,23). The normalized spacial score (nSPS) is 10.4. The van der Waals surface area contributed by atoms with Gasteiger partial charge < -0.3 is 14.8 Å². The number of aryl methyl sites for hydroxylation is 1. The minimum absolute atomic E-state index is 0.105. The molecule has 0 unspecified atom stereocenters. The van der Waals surface area contributed by atoms with Crippen LogP contribution in [0.1, 0.15) is 11.4 Å². The molecule has 0 saturated carbocycles. The van der Waals surface area contributed by atoms with Gasteiger partial charge in [0.15, 0.2) is 11.5 Å². The van der Waals surface area contributed by atoms with Gasteiger partial charge in [0.2, 0.25) is 5.91 Å². The van der Waals surface area contributed by atoms with Crippen LogP contribution in [0.25, 0.3) is 11.3 Å². The first-order chi connectivity index (χ1) is 12.7. The Balaban J connectivity index is 1.55. The molecular formula is C20H20N2O3S. The van der Waals surface area contributed by atoms with Crippen molar-refractivity contribution in [3.8, 4) is 22.8 Å². The summed E-state index contributed by atoms with van der Waals surface area (Å²) in [5.41, 5.74) is 2.65. The molecule has 1 heterocycles. The van der Waals surface area contributed by atoms with Crippen LogP contribution in [0.3, 0.4) is 0 Å². The number of methoxy groups -OCH3 is 1. The van der Waals surface area contributed by atoms with Crippen molar-refractivity contribution >= 4 is 22.9 Å². The summed E-state index contributed by atoms with van der Waals surface area (Å²) >= 11 is 1.61. The second-order valence-corrected chi connectivity index (χ2v) is 6.69. The summed E-state index contributed by atoms with van der Waals surface area (Å²) in [7, 11) is 1.59. The SMILES string of the molecule is COc1ccccc1OCCC(=O)Nc1cccc(-c2csc(C)n2)c1. The van der Waals surface area contributed by atoms with Gasteiger partial charge in [-0.15, -0.1) is 11.3 Å². The Hall–Kier alpha value is -2.86. The summed E-state index contributed by atoms with van der Waals surface area (Å²) in [5.74, 6) is 1.18. The first-order valence-electron chi connectivity index (χ1n) is 8.24. The van der Waals surface area contributed by atoms with Crippen LogP contribution in [0, 0.1) is 6.92 Å². The van der Waals surface area contributed by atoms with Crippen molar-refractivity contribution in [2.45, 2.75) is 13.3 Å². The molecule has 1 aromatic heterocycles. The lowest BCUT2D eigenvalue weighted by molar-refractivity contribution is -0.116. The third kappa shape index (κ3) is 4.61. The molecule has 3 aromatic rings. The maximum atomic E-state index is 12.2. The summed E-state index contributed by atoms with van der Waals surface area (Å²) in [4.78, 5) is 16.6. The van der Waals surface area contributed by atoms with E-state index in [1.165, 1.54) is 0 Å². The summed E-state index contributed by atoms with van der Waals surface area (Å²) in [6, 6.07) is 15.0. The number of hydrogen-bond acceptors (Lipinski definition) is 5. The van der Waals surface area contributed by atoms with Crippen LogP contribution in [0.2, 0.25) is 0 Å². The number of para-hydroxylation sites is 2. The molecule has 0 radical (unpaired) electrons. The van der Waals surface area contributed by atoms with Crippen molar-refractivity contribution < 1.29 is 14.3 Å². The van der Waals surface area contributed by atoms with E-state index in [-0.39, 0.29) is 18.9 Å². The second kappa shape index (κ2) is 8.49. The number of hydrogen-bond donors (Lipinski definition) is 1. The molecule has 0 aliphatic heterocycles. The van der Waals surface area contributed by atoms with Crippen molar-refractivity contribution in [2.24, 2.45) is 0 Å². The minimum atomic E-state index is -0.105. The molecule has 0 atom stereocenters. The molecule has 0 saturated heterocycles. The number of carbonyl (C=O) groups excluding carboxylic acids is 1. The maximum absolute atomic E-state index is 12.2. The van der Waals surface area contributed by atoms with Gasteiger partial charge in [-0.3, -0.25) is 4.79 Å². The lowest BCUT2D eigenvalue weighted by atomic mass is 10.1. The molecule has 0 aliphatic rings. The van der Waals surface area contributed by atoms with Gasteiger partial charge in [0.1, 0.15) is 0 Å². The highest BCUT2D eigenvalue weighted by Crippen LogP contribution is 2.26. The second-order valence-electron chi connectivity index (χ2n) is 5.63. The first-order valence-corrected chi connectivity index (χ1v) is 9.12. The van der Waals surface area contributed by atoms with Crippen molar-refractivity contribution in [2.75, 3.05) is 19.0 Å². The Morgan fingerprint density at radius 3 is 2.69 bits per heavy atom. The van der Waals surface area contributed by atoms with Gasteiger partial charge in [0.05, 0.1) is 30.8 Å². The zero-order valence-corrected chi connectivity index (χ0v) is 15.5. The van der Waals surface area contributed by atoms with Gasteiger partial charge in [0.25, 0.3) is 0 Å². The van der Waals surface area contributed by atoms with Crippen LogP contribution < -0.4 is 14.8 Å². The predicted octanol–water partition coefficient (Wildman–Crippen LogP) is 4.53. The summed E-state index contributed by atoms with van der Waals surface area (Å²) in [5, 5.41) is 5.93. The van der Waals surface area contributed by atoms with E-state index in [0.717, 1.165) is 22.0 Å². The molecular weight excluding hydrogens is 348 g/mol. The fourth-order valence-electron chi connectivity index (χ4n) is 2.47. The fraction of sp³-hybridized carbons (Fsp3) is 0.200. The Kier molecular flexibility index (Phi) is 5.86. The molecule has 6 heteroatoms. The Bertz CT molecular complexity index is 892. The fourth-order valence-corrected chi connectivity index (χ4v) is 3.09. The number of aromatic nitrogens is 1. The molecule has 134 valence electrons. The van der Waals surface area contributed by atoms with E-state index in [0.29, 0.717) is 11.5 Å². The Labute approximate surface area is 156 Å². The number of anilines is 1. The zero-order valence-electron chi connectivity index (χ0n) is 14.7. The van der Waals surface area contributed by atoms with Crippen molar-refractivity contribution in [1.82, 2.24) is 4.98 Å². The van der Waals surface area contributed by atoms with E-state index in [2.05, 4.69) is 10.3 Å². The molecule has 5 nitrogen and oxygen atoms in total. The third-order valence-electron chi connectivity index (χ3n) is 3.72. The molecule has 3 rings (SSSR count). The number of nitrogens with one attached hydrogen (secondary N) is 1. The van der Waals surface area contributed by atoms with Gasteiger partial charge in [-0.1, -0.05) is 24.3 Å². The number of ether oxygens (including phenoxy) is 2. The first kappa shape index (κ1) is 17.9. The highest BCUT2D eigenvalue weighted by molar-refractivity contribution is 7.09. The van der Waals surface area contributed by atoms with Crippen LogP contribution >= 0.6 is 11.3 Å². The largest absolute Gasteiger partial charge is 0.493 e. The van der Waals surface area contributed by atoms with E-state index in [1.54, 1.807) is 18.4 Å². The molecule has 0 bridgehead atoms. The average Bonchev–Trinajstić information content (AvgIpc) is 3.09. The molecule has 1 amide bonds. The monoisotopic (exact) mass is 368 g/mol. The van der Waals surface area contributed by atoms with E-state index in [4.69, 9.17) is 9.47 Å². The Morgan fingerprint density at radius 1 is 1.15 bits per heavy atom. The molecule has 0 aliphatic carbocycles. The Morgan fingerprint density at radius 2 is 1.96 bits per heavy atom. The number of benzene rings is 2. The molecule has 0 fully saturated rings. The molecule has 26 heavy (non-hydrogen) atoms. The lowest BCUT2D eigenvalue weighted by Crippen LogP contribution is -2.15. The quantitative estimate of drug-likeness (QED) is 0.665. The topological polar surface area (TPSA) is 60.5 Å². The smallest absolute Gasteiger partial charge is 0.227 e. The van der Waals surface area contributed by atoms with Crippen molar-refractivity contribution in [3.63, 3.8) is 0 Å². The summed E-state index contributed by atoms with van der Waals surface area (Å²) in [6.07, 6.45) is 0.248. The highest BCUT2D eigenvalue weighted by atomic mass is 32.1. The molecule has 1 N–H and O–H groups in total. The molecule has 2 aromatic carbocycles. The van der Waals surface area contributed by atoms with E-state index in [9.17, 15) is 4.79 Å². The van der Waals surface area contributed by atoms with Crippen LogP contribution in [-0.4, -0.2) is 24.6 Å². The zero-order chi connectivity index (χ0) is 18.4. The number of rotatable bonds is 7. The van der Waals surface area contributed by atoms with Crippen LogP contribution in [0.15, 0.2) is 53.9 Å². The van der Waals surface area contributed by atoms with Crippen molar-refractivity contribution in [1.29, 1.82) is 0 Å². The summed E-state index contributed by atoms with van der Waals surface area (Å²) in [6.45, 7) is 2.25. The number of carbonyl (C=O) groups is 1. The van der Waals surface area contributed by atoms with Gasteiger partial charge in [-0.25, -0.2) is 4.98 Å². The van der Waals surface area contributed by atoms with Gasteiger partial charge >= 0.3 is 0 Å². The van der Waals surface area contributed by atoms with E-state index in [1.807, 2.05) is 60.8 Å². The van der Waals surface area contributed by atoms with Gasteiger partial charge in [-0.05, 0) is 31.2 Å². The van der Waals surface area contributed by atoms with Gasteiger partial charge in [-0.2, -0.15) is 0 Å². The number of nitrogens with zero attached hydrogens (tertiary/aromatic N) is 1. The third-order valence-corrected chi connectivity index (χ3v) is 4.49. The minimum Gasteiger partial charge on any atom is -0.493 e. The highest BCUT2D eigenvalue weighted by Gasteiger charge is 2.08. The van der Waals surface area contributed by atoms with E-state index >= 15 is 0 Å². The average molecular weight is 368 g/mol. The molecule has 0 spiro atoms. The lowest BCUT2D eigenvalue weighted by Gasteiger charge is -2.10. The van der Waals surface area contributed by atoms with Crippen LogP contribution in [0.5, 0.6) is 11.5 Å². The number of thiazole rings is 1. The predicted molar refractivity (Wildman–Crippen MR) is 104 cm³/mol. The van der Waals surface area contributed by atoms with Crippen molar-refractivity contribution in [3.05, 3.63) is 58.9 Å². The van der Waals surface area contributed by atoms with Crippen LogP contribution in [-0.2, 0) is 4.79 Å².